The van der Waals surface area contributed by atoms with E-state index < -0.39 is 11.2 Å². The number of anilines is 1. The van der Waals surface area contributed by atoms with Crippen LogP contribution in [0.2, 0.25) is 5.02 Å². The molecule has 2 N–H and O–H groups in total. The number of carboxylic acid groups (broad SMARTS) is 1. The number of carboxylic acids is 1. The van der Waals surface area contributed by atoms with Gasteiger partial charge in [0.2, 0.25) is 11.8 Å². The van der Waals surface area contributed by atoms with E-state index in [2.05, 4.69) is 10.3 Å². The molecule has 8 nitrogen and oxygen atoms in total. The molecule has 1 aliphatic rings. The molecule has 0 radical (unpaired) electrons. The van der Waals surface area contributed by atoms with Crippen LogP contribution in [-0.4, -0.2) is 51.9 Å². The fourth-order valence-electron chi connectivity index (χ4n) is 2.91. The number of aromatic carboxylic acids is 1. The Morgan fingerprint density at radius 1 is 1.29 bits per heavy atom. The van der Waals surface area contributed by atoms with E-state index in [1.807, 2.05) is 6.92 Å². The van der Waals surface area contributed by atoms with E-state index in [1.54, 1.807) is 18.2 Å². The number of methoxy groups -OCH3 is 1. The number of ether oxygens (including phenoxy) is 1. The minimum absolute atomic E-state index is 0.0277. The Hall–Kier alpha value is -3.04. The van der Waals surface area contributed by atoms with Crippen LogP contribution >= 0.6 is 23.4 Å². The lowest BCUT2D eigenvalue weighted by molar-refractivity contribution is -0.129. The summed E-state index contributed by atoms with van der Waals surface area (Å²) in [5.41, 5.74) is 1.10. The molecule has 1 unspecified atom stereocenters. The second-order valence-electron chi connectivity index (χ2n) is 6.53. The van der Waals surface area contributed by atoms with E-state index in [-0.39, 0.29) is 23.8 Å². The van der Waals surface area contributed by atoms with Crippen molar-refractivity contribution in [2.75, 3.05) is 19.0 Å². The Kier molecular flexibility index (Phi) is 7.19. The Bertz CT molecular complexity index is 1040. The minimum Gasteiger partial charge on any atom is -0.495 e. The molecule has 10 heteroatoms. The van der Waals surface area contributed by atoms with Crippen LogP contribution in [0.5, 0.6) is 5.75 Å². The van der Waals surface area contributed by atoms with Crippen LogP contribution in [0.3, 0.4) is 0 Å². The van der Waals surface area contributed by atoms with Gasteiger partial charge >= 0.3 is 5.97 Å². The predicted molar refractivity (Wildman–Crippen MR) is 121 cm³/mol. The first-order valence-corrected chi connectivity index (χ1v) is 10.6. The number of nitrogens with one attached hydrogen (secondary N) is 1. The number of amides is 2. The normalized spacial score (nSPS) is 17.5. The molecule has 0 aromatic heterocycles. The number of hydrogen-bond acceptors (Lipinski definition) is 6. The van der Waals surface area contributed by atoms with E-state index in [0.717, 1.165) is 0 Å². The molecular weight excluding hydrogens is 442 g/mol. The van der Waals surface area contributed by atoms with E-state index in [1.165, 1.54) is 48.0 Å². The Morgan fingerprint density at radius 3 is 2.58 bits per heavy atom. The lowest BCUT2D eigenvalue weighted by Crippen LogP contribution is -2.45. The zero-order chi connectivity index (χ0) is 22.5. The summed E-state index contributed by atoms with van der Waals surface area (Å²) in [6.07, 6.45) is 0.0277. The summed E-state index contributed by atoms with van der Waals surface area (Å²) >= 11 is 7.35. The maximum Gasteiger partial charge on any atom is 0.335 e. The lowest BCUT2D eigenvalue weighted by atomic mass is 10.2. The van der Waals surface area contributed by atoms with Crippen molar-refractivity contribution in [1.82, 2.24) is 4.90 Å². The average molecular weight is 462 g/mol. The summed E-state index contributed by atoms with van der Waals surface area (Å²) in [6.45, 7) is 2.25. The number of hydrogen-bond donors (Lipinski definition) is 2. The molecule has 2 amide bonds. The minimum atomic E-state index is -1.05. The molecule has 1 heterocycles. The van der Waals surface area contributed by atoms with Crippen molar-refractivity contribution in [1.29, 1.82) is 0 Å². The highest BCUT2D eigenvalue weighted by Gasteiger charge is 2.35. The van der Waals surface area contributed by atoms with Crippen molar-refractivity contribution in [3.05, 3.63) is 53.1 Å². The van der Waals surface area contributed by atoms with Gasteiger partial charge in [-0.05, 0) is 49.4 Å². The van der Waals surface area contributed by atoms with E-state index in [9.17, 15) is 14.4 Å². The largest absolute Gasteiger partial charge is 0.495 e. The van der Waals surface area contributed by atoms with E-state index in [0.29, 0.717) is 33.9 Å². The molecule has 1 fully saturated rings. The number of rotatable bonds is 6. The zero-order valence-electron chi connectivity index (χ0n) is 16.8. The first-order chi connectivity index (χ1) is 14.8. The van der Waals surface area contributed by atoms with Gasteiger partial charge in [-0.2, -0.15) is 0 Å². The van der Waals surface area contributed by atoms with Gasteiger partial charge in [-0.1, -0.05) is 23.4 Å². The molecule has 3 rings (SSSR count). The van der Waals surface area contributed by atoms with Crippen molar-refractivity contribution in [2.24, 2.45) is 4.99 Å². The van der Waals surface area contributed by atoms with Gasteiger partial charge in [-0.3, -0.25) is 14.5 Å². The van der Waals surface area contributed by atoms with Crippen LogP contribution < -0.4 is 10.1 Å². The highest BCUT2D eigenvalue weighted by Crippen LogP contribution is 2.33. The summed E-state index contributed by atoms with van der Waals surface area (Å²) in [6, 6.07) is 10.8. The molecule has 162 valence electrons. The Morgan fingerprint density at radius 2 is 2.00 bits per heavy atom. The summed E-state index contributed by atoms with van der Waals surface area (Å²) in [5, 5.41) is 11.8. The number of aliphatic imine (C=N–C) groups is 1. The van der Waals surface area contributed by atoms with Crippen LogP contribution in [0.1, 0.15) is 23.7 Å². The van der Waals surface area contributed by atoms with Gasteiger partial charge in [0.25, 0.3) is 0 Å². The SMILES string of the molecule is CCN1C(=O)CC(C(=O)Nc2ccc(C(=O)O)cc2)SC1=Nc1ccc(OC)c(Cl)c1. The van der Waals surface area contributed by atoms with Crippen molar-refractivity contribution < 1.29 is 24.2 Å². The van der Waals surface area contributed by atoms with Crippen LogP contribution in [0, 0.1) is 0 Å². The third kappa shape index (κ3) is 5.36. The molecule has 0 aliphatic carbocycles. The molecule has 0 spiro atoms. The first kappa shape index (κ1) is 22.6. The number of nitrogens with zero attached hydrogens (tertiary/aromatic N) is 2. The lowest BCUT2D eigenvalue weighted by Gasteiger charge is -2.31. The molecule has 1 aliphatic heterocycles. The van der Waals surface area contributed by atoms with Crippen molar-refractivity contribution in [2.45, 2.75) is 18.6 Å². The maximum atomic E-state index is 12.8. The number of halogens is 1. The molecule has 0 saturated carbocycles. The number of carbonyl (C=O) groups excluding carboxylic acids is 2. The molecule has 2 aromatic rings. The van der Waals surface area contributed by atoms with Crippen LogP contribution in [-0.2, 0) is 9.59 Å². The van der Waals surface area contributed by atoms with Gasteiger partial charge in [0.1, 0.15) is 11.0 Å². The molecule has 0 bridgehead atoms. The van der Waals surface area contributed by atoms with Crippen LogP contribution in [0.15, 0.2) is 47.5 Å². The second kappa shape index (κ2) is 9.84. The number of carbonyl (C=O) groups is 3. The third-order valence-electron chi connectivity index (χ3n) is 4.51. The van der Waals surface area contributed by atoms with E-state index >= 15 is 0 Å². The second-order valence-corrected chi connectivity index (χ2v) is 8.11. The fourth-order valence-corrected chi connectivity index (χ4v) is 4.32. The number of benzene rings is 2. The van der Waals surface area contributed by atoms with Crippen molar-refractivity contribution in [3.8, 4) is 5.75 Å². The smallest absolute Gasteiger partial charge is 0.335 e. The summed E-state index contributed by atoms with van der Waals surface area (Å²) in [4.78, 5) is 42.4. The highest BCUT2D eigenvalue weighted by atomic mass is 35.5. The van der Waals surface area contributed by atoms with Gasteiger partial charge in [-0.25, -0.2) is 9.79 Å². The van der Waals surface area contributed by atoms with Gasteiger partial charge in [0.15, 0.2) is 5.17 Å². The number of amidine groups is 1. The van der Waals surface area contributed by atoms with Crippen molar-refractivity contribution in [3.63, 3.8) is 0 Å². The fraction of sp³-hybridized carbons (Fsp3) is 0.238. The highest BCUT2D eigenvalue weighted by molar-refractivity contribution is 8.15. The summed E-state index contributed by atoms with van der Waals surface area (Å²) in [5.74, 6) is -1.11. The summed E-state index contributed by atoms with van der Waals surface area (Å²) < 4.78 is 5.14. The molecule has 1 atom stereocenters. The standard InChI is InChI=1S/C21H20ClN3O5S/c1-3-25-18(26)11-17(19(27)23-13-6-4-12(5-7-13)20(28)29)31-21(25)24-14-8-9-16(30-2)15(22)10-14/h4-10,17H,3,11H2,1-2H3,(H,23,27)(H,28,29). The van der Waals surface area contributed by atoms with Gasteiger partial charge in [-0.15, -0.1) is 0 Å². The monoisotopic (exact) mass is 461 g/mol. The van der Waals surface area contributed by atoms with Gasteiger partial charge < -0.3 is 15.2 Å². The average Bonchev–Trinajstić information content (AvgIpc) is 2.74. The van der Waals surface area contributed by atoms with Gasteiger partial charge in [0.05, 0.1) is 23.4 Å². The van der Waals surface area contributed by atoms with E-state index in [4.69, 9.17) is 21.4 Å². The maximum absolute atomic E-state index is 12.8. The van der Waals surface area contributed by atoms with Crippen LogP contribution in [0.25, 0.3) is 0 Å². The van der Waals surface area contributed by atoms with Crippen LogP contribution in [0.4, 0.5) is 11.4 Å². The number of thioether (sulfide) groups is 1. The van der Waals surface area contributed by atoms with Crippen molar-refractivity contribution >= 4 is 57.7 Å². The molecule has 31 heavy (non-hydrogen) atoms. The zero-order valence-corrected chi connectivity index (χ0v) is 18.4. The van der Waals surface area contributed by atoms with Gasteiger partial charge in [0, 0.05) is 18.7 Å². The molecule has 2 aromatic carbocycles. The topological polar surface area (TPSA) is 108 Å². The molecule has 1 saturated heterocycles. The Balaban J connectivity index is 1.79. The summed E-state index contributed by atoms with van der Waals surface area (Å²) in [7, 11) is 1.51. The quantitative estimate of drug-likeness (QED) is 0.672. The Labute approximate surface area is 188 Å². The first-order valence-electron chi connectivity index (χ1n) is 9.35. The third-order valence-corrected chi connectivity index (χ3v) is 5.99. The predicted octanol–water partition coefficient (Wildman–Crippen LogP) is 4.03. The molecular formula is C21H20ClN3O5S.